The van der Waals surface area contributed by atoms with E-state index < -0.39 is 0 Å². The highest BCUT2D eigenvalue weighted by atomic mass is 32.1. The number of ether oxygens (including phenoxy) is 2. The van der Waals surface area contributed by atoms with Gasteiger partial charge in [0.05, 0.1) is 32.1 Å². The third-order valence-corrected chi connectivity index (χ3v) is 5.94. The number of aryl methyl sites for hydroxylation is 1. The van der Waals surface area contributed by atoms with E-state index in [9.17, 15) is 9.59 Å². The topological polar surface area (TPSA) is 119 Å². The van der Waals surface area contributed by atoms with Crippen molar-refractivity contribution in [3.05, 3.63) is 46.3 Å². The van der Waals surface area contributed by atoms with Crippen LogP contribution in [0.5, 0.6) is 11.5 Å². The molecule has 0 spiro atoms. The van der Waals surface area contributed by atoms with Crippen LogP contribution in [0.2, 0.25) is 0 Å². The summed E-state index contributed by atoms with van der Waals surface area (Å²) in [5, 5.41) is 9.88. The molecule has 4 rings (SSSR count). The Morgan fingerprint density at radius 3 is 2.78 bits per heavy atom. The lowest BCUT2D eigenvalue weighted by Crippen LogP contribution is -2.36. The molecule has 0 unspecified atom stereocenters. The van der Waals surface area contributed by atoms with E-state index >= 15 is 0 Å². The van der Waals surface area contributed by atoms with E-state index in [-0.39, 0.29) is 24.1 Å². The number of rotatable bonds is 7. The molecule has 1 aromatic carbocycles. The van der Waals surface area contributed by atoms with Crippen LogP contribution in [0.25, 0.3) is 0 Å². The van der Waals surface area contributed by atoms with E-state index in [0.717, 1.165) is 10.6 Å². The predicted molar refractivity (Wildman–Crippen MR) is 118 cm³/mol. The Balaban J connectivity index is 1.36. The molecule has 3 aromatic rings. The molecule has 0 saturated carbocycles. The quantitative estimate of drug-likeness (QED) is 0.556. The monoisotopic (exact) mass is 457 g/mol. The van der Waals surface area contributed by atoms with E-state index in [1.807, 2.05) is 4.90 Å². The van der Waals surface area contributed by atoms with Gasteiger partial charge in [-0.1, -0.05) is 5.16 Å². The normalized spacial score (nSPS) is 13.3. The molecular formula is C21H23N5O5S. The summed E-state index contributed by atoms with van der Waals surface area (Å²) < 4.78 is 15.5. The molecule has 0 saturated heterocycles. The summed E-state index contributed by atoms with van der Waals surface area (Å²) in [5.74, 6) is 1.24. The molecule has 32 heavy (non-hydrogen) atoms. The molecule has 0 bridgehead atoms. The van der Waals surface area contributed by atoms with Crippen molar-refractivity contribution >= 4 is 34.0 Å². The van der Waals surface area contributed by atoms with Gasteiger partial charge in [-0.25, -0.2) is 4.98 Å². The lowest BCUT2D eigenvalue weighted by atomic mass is 10.2. The number of thiazole rings is 1. The van der Waals surface area contributed by atoms with Gasteiger partial charge in [-0.15, -0.1) is 11.3 Å². The summed E-state index contributed by atoms with van der Waals surface area (Å²) in [6.07, 6.45) is 0.695. The minimum absolute atomic E-state index is 0.153. The van der Waals surface area contributed by atoms with Crippen molar-refractivity contribution < 1.29 is 23.6 Å². The molecule has 10 nitrogen and oxygen atoms in total. The first-order chi connectivity index (χ1) is 15.4. The van der Waals surface area contributed by atoms with Gasteiger partial charge in [0.2, 0.25) is 5.91 Å². The lowest BCUT2D eigenvalue weighted by Gasteiger charge is -2.25. The maximum absolute atomic E-state index is 12.6. The van der Waals surface area contributed by atoms with E-state index in [1.165, 1.54) is 11.3 Å². The van der Waals surface area contributed by atoms with Crippen molar-refractivity contribution in [3.8, 4) is 11.5 Å². The number of benzene rings is 1. The molecule has 0 fully saturated rings. The van der Waals surface area contributed by atoms with Crippen molar-refractivity contribution in [2.75, 3.05) is 37.9 Å². The van der Waals surface area contributed by atoms with Gasteiger partial charge in [0.25, 0.3) is 5.91 Å². The smallest absolute Gasteiger partial charge is 0.279 e. The summed E-state index contributed by atoms with van der Waals surface area (Å²) in [7, 11) is 3.12. The Hall–Kier alpha value is -3.44. The zero-order valence-electron chi connectivity index (χ0n) is 17.9. The Labute approximate surface area is 188 Å². The van der Waals surface area contributed by atoms with Gasteiger partial charge in [-0.05, 0) is 19.1 Å². The second-order valence-corrected chi connectivity index (χ2v) is 8.32. The molecule has 2 aromatic heterocycles. The third-order valence-electron chi connectivity index (χ3n) is 4.94. The van der Waals surface area contributed by atoms with Crippen molar-refractivity contribution in [2.45, 2.75) is 19.9 Å². The number of hydrogen-bond acceptors (Lipinski definition) is 9. The van der Waals surface area contributed by atoms with Crippen LogP contribution in [0.15, 0.2) is 28.8 Å². The maximum Gasteiger partial charge on any atom is 0.279 e. The summed E-state index contributed by atoms with van der Waals surface area (Å²) in [6, 6.07) is 6.81. The highest BCUT2D eigenvalue weighted by Gasteiger charge is 2.24. The molecule has 168 valence electrons. The predicted octanol–water partition coefficient (Wildman–Crippen LogP) is 2.71. The second kappa shape index (κ2) is 9.37. The van der Waals surface area contributed by atoms with Crippen LogP contribution >= 0.6 is 11.3 Å². The number of methoxy groups -OCH3 is 2. The summed E-state index contributed by atoms with van der Waals surface area (Å²) in [5.41, 5.74) is 1.70. The summed E-state index contributed by atoms with van der Waals surface area (Å²) in [4.78, 5) is 32.5. The van der Waals surface area contributed by atoms with Gasteiger partial charge in [-0.3, -0.25) is 19.8 Å². The van der Waals surface area contributed by atoms with E-state index in [4.69, 9.17) is 14.0 Å². The largest absolute Gasteiger partial charge is 0.497 e. The first kappa shape index (κ1) is 21.8. The third kappa shape index (κ3) is 4.89. The Kier molecular flexibility index (Phi) is 6.37. The number of carbonyl (C=O) groups excluding carboxylic acids is 2. The van der Waals surface area contributed by atoms with Crippen molar-refractivity contribution in [3.63, 3.8) is 0 Å². The fourth-order valence-electron chi connectivity index (χ4n) is 3.38. The van der Waals surface area contributed by atoms with Crippen LogP contribution in [0.1, 0.15) is 26.8 Å². The van der Waals surface area contributed by atoms with Gasteiger partial charge < -0.3 is 19.3 Å². The first-order valence-corrected chi connectivity index (χ1v) is 10.7. The van der Waals surface area contributed by atoms with Crippen molar-refractivity contribution in [2.24, 2.45) is 0 Å². The minimum atomic E-state index is -0.364. The Morgan fingerprint density at radius 1 is 1.22 bits per heavy atom. The van der Waals surface area contributed by atoms with Gasteiger partial charge in [0.15, 0.2) is 10.8 Å². The summed E-state index contributed by atoms with van der Waals surface area (Å²) in [6.45, 7) is 3.21. The lowest BCUT2D eigenvalue weighted by molar-refractivity contribution is -0.117. The molecule has 2 N–H and O–H groups in total. The van der Waals surface area contributed by atoms with Crippen LogP contribution in [0.3, 0.4) is 0 Å². The molecular weight excluding hydrogens is 434 g/mol. The maximum atomic E-state index is 12.6. The van der Waals surface area contributed by atoms with Gasteiger partial charge >= 0.3 is 0 Å². The molecule has 11 heteroatoms. The van der Waals surface area contributed by atoms with Crippen LogP contribution in [0, 0.1) is 6.92 Å². The average molecular weight is 458 g/mol. The molecule has 0 atom stereocenters. The van der Waals surface area contributed by atoms with Gasteiger partial charge in [0, 0.05) is 36.5 Å². The number of nitrogens with one attached hydrogen (secondary N) is 2. The highest BCUT2D eigenvalue weighted by Crippen LogP contribution is 2.30. The first-order valence-electron chi connectivity index (χ1n) is 9.92. The Bertz CT molecular complexity index is 1140. The van der Waals surface area contributed by atoms with Crippen LogP contribution < -0.4 is 20.1 Å². The van der Waals surface area contributed by atoms with E-state index in [0.29, 0.717) is 47.6 Å². The molecule has 0 aliphatic carbocycles. The number of nitrogens with zero attached hydrogens (tertiary/aromatic N) is 3. The van der Waals surface area contributed by atoms with Crippen LogP contribution in [-0.4, -0.2) is 54.2 Å². The fourth-order valence-corrected chi connectivity index (χ4v) is 4.42. The van der Waals surface area contributed by atoms with Gasteiger partial charge in [0.1, 0.15) is 17.3 Å². The Morgan fingerprint density at radius 2 is 2.06 bits per heavy atom. The molecule has 3 heterocycles. The molecule has 2 amide bonds. The number of fused-ring (bicyclic) bond motifs is 1. The zero-order chi connectivity index (χ0) is 22.7. The fraction of sp³-hybridized carbons (Fsp3) is 0.333. The SMILES string of the molecule is COc1ccc(OC)c(NC(=O)CN2CCc3nc(NC(=O)c4cc(C)on4)sc3C2)c1. The molecule has 1 aliphatic rings. The molecule has 1 aliphatic heterocycles. The number of carbonyl (C=O) groups is 2. The molecule has 0 radical (unpaired) electrons. The summed E-state index contributed by atoms with van der Waals surface area (Å²) >= 11 is 1.40. The van der Waals surface area contributed by atoms with Crippen molar-refractivity contribution in [1.82, 2.24) is 15.0 Å². The number of anilines is 2. The second-order valence-electron chi connectivity index (χ2n) is 7.24. The highest BCUT2D eigenvalue weighted by molar-refractivity contribution is 7.15. The van der Waals surface area contributed by atoms with E-state index in [1.54, 1.807) is 45.4 Å². The standard InChI is InChI=1S/C21H23N5O5S/c1-12-8-16(25-31-12)20(28)24-21-23-14-6-7-26(10-18(14)32-21)11-19(27)22-15-9-13(29-2)4-5-17(15)30-3/h4-5,8-9H,6-7,10-11H2,1-3H3,(H,22,27)(H,23,24,28). The number of hydrogen-bond donors (Lipinski definition) is 2. The van der Waals surface area contributed by atoms with Crippen molar-refractivity contribution in [1.29, 1.82) is 0 Å². The van der Waals surface area contributed by atoms with E-state index in [2.05, 4.69) is 20.8 Å². The zero-order valence-corrected chi connectivity index (χ0v) is 18.7. The van der Waals surface area contributed by atoms with Gasteiger partial charge in [-0.2, -0.15) is 0 Å². The van der Waals surface area contributed by atoms with Crippen LogP contribution in [0.4, 0.5) is 10.8 Å². The number of amides is 2. The van der Waals surface area contributed by atoms with Crippen LogP contribution in [-0.2, 0) is 17.8 Å². The minimum Gasteiger partial charge on any atom is -0.497 e. The average Bonchev–Trinajstić information content (AvgIpc) is 3.38. The number of aromatic nitrogens is 2.